The first kappa shape index (κ1) is 11.9. The Kier molecular flexibility index (Phi) is 3.48. The van der Waals surface area contributed by atoms with E-state index in [4.69, 9.17) is 0 Å². The standard InChI is InChI=1S/C14H19N3S/c1-12-4-8-18-14(12)10-17-6-2-3-13(17)9-16-7-5-15-11-16/h4-5,7-8,11,13H,2-3,6,9-10H2,1H3/t13-/m0/s1. The highest BCUT2D eigenvalue weighted by molar-refractivity contribution is 7.10. The summed E-state index contributed by atoms with van der Waals surface area (Å²) in [6.45, 7) is 5.64. The fourth-order valence-corrected chi connectivity index (χ4v) is 3.63. The topological polar surface area (TPSA) is 21.1 Å². The van der Waals surface area contributed by atoms with E-state index in [1.165, 1.54) is 29.8 Å². The van der Waals surface area contributed by atoms with Crippen LogP contribution >= 0.6 is 11.3 Å². The van der Waals surface area contributed by atoms with E-state index in [1.54, 1.807) is 0 Å². The molecule has 0 amide bonds. The molecule has 1 saturated heterocycles. The maximum absolute atomic E-state index is 4.13. The molecule has 0 aromatic carbocycles. The van der Waals surface area contributed by atoms with E-state index in [0.717, 1.165) is 13.1 Å². The van der Waals surface area contributed by atoms with Gasteiger partial charge in [-0.2, -0.15) is 0 Å². The van der Waals surface area contributed by atoms with Gasteiger partial charge in [0.15, 0.2) is 0 Å². The van der Waals surface area contributed by atoms with Gasteiger partial charge in [0.1, 0.15) is 0 Å². The zero-order chi connectivity index (χ0) is 12.4. The quantitative estimate of drug-likeness (QED) is 0.844. The fourth-order valence-electron chi connectivity index (χ4n) is 2.70. The molecule has 2 aromatic rings. The molecule has 0 radical (unpaired) electrons. The lowest BCUT2D eigenvalue weighted by Crippen LogP contribution is -2.32. The van der Waals surface area contributed by atoms with Crippen molar-refractivity contribution < 1.29 is 0 Å². The van der Waals surface area contributed by atoms with Crippen LogP contribution in [0.3, 0.4) is 0 Å². The minimum absolute atomic E-state index is 0.667. The van der Waals surface area contributed by atoms with Crippen LogP contribution in [0.1, 0.15) is 23.3 Å². The van der Waals surface area contributed by atoms with Crippen LogP contribution < -0.4 is 0 Å². The third kappa shape index (κ3) is 2.49. The van der Waals surface area contributed by atoms with Gasteiger partial charge in [0, 0.05) is 36.4 Å². The van der Waals surface area contributed by atoms with Crippen molar-refractivity contribution in [3.8, 4) is 0 Å². The van der Waals surface area contributed by atoms with E-state index in [9.17, 15) is 0 Å². The molecule has 2 aromatic heterocycles. The van der Waals surface area contributed by atoms with Crippen LogP contribution in [0, 0.1) is 6.92 Å². The van der Waals surface area contributed by atoms with Crippen LogP contribution in [0.5, 0.6) is 0 Å². The number of thiophene rings is 1. The number of imidazole rings is 1. The van der Waals surface area contributed by atoms with Crippen molar-refractivity contribution in [2.45, 2.75) is 38.9 Å². The Morgan fingerprint density at radius 3 is 3.17 bits per heavy atom. The zero-order valence-electron chi connectivity index (χ0n) is 10.7. The van der Waals surface area contributed by atoms with E-state index >= 15 is 0 Å². The molecule has 1 aliphatic rings. The van der Waals surface area contributed by atoms with Gasteiger partial charge in [-0.1, -0.05) is 0 Å². The molecule has 3 rings (SSSR count). The number of hydrogen-bond acceptors (Lipinski definition) is 3. The maximum atomic E-state index is 4.13. The molecule has 18 heavy (non-hydrogen) atoms. The summed E-state index contributed by atoms with van der Waals surface area (Å²) in [5.74, 6) is 0. The van der Waals surface area contributed by atoms with Gasteiger partial charge in [-0.05, 0) is 43.3 Å². The van der Waals surface area contributed by atoms with Crippen molar-refractivity contribution in [1.82, 2.24) is 14.5 Å². The summed E-state index contributed by atoms with van der Waals surface area (Å²) in [6.07, 6.45) is 8.48. The SMILES string of the molecule is Cc1ccsc1CN1CCC[C@H]1Cn1ccnc1. The van der Waals surface area contributed by atoms with Gasteiger partial charge in [0.2, 0.25) is 0 Å². The number of likely N-dealkylation sites (tertiary alicyclic amines) is 1. The van der Waals surface area contributed by atoms with Gasteiger partial charge in [0.25, 0.3) is 0 Å². The third-order valence-electron chi connectivity index (χ3n) is 3.79. The normalized spacial score (nSPS) is 20.6. The van der Waals surface area contributed by atoms with Gasteiger partial charge >= 0.3 is 0 Å². The average Bonchev–Trinajstić information content (AvgIpc) is 3.06. The first-order chi connectivity index (χ1) is 8.83. The lowest BCUT2D eigenvalue weighted by Gasteiger charge is -2.24. The summed E-state index contributed by atoms with van der Waals surface area (Å²) in [6, 6.07) is 2.89. The molecule has 0 spiro atoms. The average molecular weight is 261 g/mol. The minimum Gasteiger partial charge on any atom is -0.336 e. The summed E-state index contributed by atoms with van der Waals surface area (Å²) in [4.78, 5) is 8.27. The number of nitrogens with zero attached hydrogens (tertiary/aromatic N) is 3. The minimum atomic E-state index is 0.667. The van der Waals surface area contributed by atoms with Crippen LogP contribution in [0.2, 0.25) is 0 Å². The molecule has 1 aliphatic heterocycles. The van der Waals surface area contributed by atoms with Crippen LogP contribution in [0.15, 0.2) is 30.2 Å². The second kappa shape index (κ2) is 5.24. The van der Waals surface area contributed by atoms with Crippen LogP contribution in [-0.2, 0) is 13.1 Å². The number of hydrogen-bond donors (Lipinski definition) is 0. The highest BCUT2D eigenvalue weighted by Gasteiger charge is 2.25. The smallest absolute Gasteiger partial charge is 0.0946 e. The molecule has 0 N–H and O–H groups in total. The lowest BCUT2D eigenvalue weighted by molar-refractivity contribution is 0.226. The molecule has 1 fully saturated rings. The van der Waals surface area contributed by atoms with Crippen molar-refractivity contribution >= 4 is 11.3 Å². The predicted molar refractivity (Wildman–Crippen MR) is 74.7 cm³/mol. The van der Waals surface area contributed by atoms with Crippen LogP contribution in [-0.4, -0.2) is 27.0 Å². The van der Waals surface area contributed by atoms with Crippen molar-refractivity contribution in [2.75, 3.05) is 6.54 Å². The second-order valence-corrected chi connectivity index (χ2v) is 6.05. The Labute approximate surface area is 112 Å². The van der Waals surface area contributed by atoms with E-state index in [-0.39, 0.29) is 0 Å². The Morgan fingerprint density at radius 1 is 1.50 bits per heavy atom. The molecule has 0 saturated carbocycles. The van der Waals surface area contributed by atoms with E-state index in [0.29, 0.717) is 6.04 Å². The predicted octanol–water partition coefficient (Wildman–Crippen LogP) is 2.92. The molecule has 4 heteroatoms. The van der Waals surface area contributed by atoms with Crippen LogP contribution in [0.4, 0.5) is 0 Å². The highest BCUT2D eigenvalue weighted by atomic mass is 32.1. The van der Waals surface area contributed by atoms with Gasteiger partial charge in [0.05, 0.1) is 6.33 Å². The van der Waals surface area contributed by atoms with Crippen LogP contribution in [0.25, 0.3) is 0 Å². The van der Waals surface area contributed by atoms with Crippen molar-refractivity contribution in [3.05, 3.63) is 40.6 Å². The first-order valence-electron chi connectivity index (χ1n) is 6.55. The summed E-state index contributed by atoms with van der Waals surface area (Å²) in [5.41, 5.74) is 1.44. The maximum Gasteiger partial charge on any atom is 0.0946 e. The Balaban J connectivity index is 1.66. The molecule has 0 bridgehead atoms. The summed E-state index contributed by atoms with van der Waals surface area (Å²) in [5, 5.41) is 2.20. The fraction of sp³-hybridized carbons (Fsp3) is 0.500. The lowest BCUT2D eigenvalue weighted by atomic mass is 10.2. The van der Waals surface area contributed by atoms with E-state index in [1.807, 2.05) is 23.9 Å². The van der Waals surface area contributed by atoms with E-state index in [2.05, 4.69) is 39.0 Å². The number of aryl methyl sites for hydroxylation is 1. The summed E-state index contributed by atoms with van der Waals surface area (Å²) >= 11 is 1.89. The third-order valence-corrected chi connectivity index (χ3v) is 4.80. The molecule has 1 atom stereocenters. The molecule has 0 aliphatic carbocycles. The Hall–Kier alpha value is -1.13. The summed E-state index contributed by atoms with van der Waals surface area (Å²) < 4.78 is 2.20. The highest BCUT2D eigenvalue weighted by Crippen LogP contribution is 2.25. The molecule has 0 unspecified atom stereocenters. The number of aromatic nitrogens is 2. The molecular formula is C14H19N3S. The van der Waals surface area contributed by atoms with Gasteiger partial charge in [-0.3, -0.25) is 4.90 Å². The summed E-state index contributed by atoms with van der Waals surface area (Å²) in [7, 11) is 0. The molecule has 96 valence electrons. The second-order valence-electron chi connectivity index (χ2n) is 5.05. The molecule has 3 heterocycles. The van der Waals surface area contributed by atoms with Gasteiger partial charge < -0.3 is 4.57 Å². The van der Waals surface area contributed by atoms with Gasteiger partial charge in [-0.15, -0.1) is 11.3 Å². The largest absolute Gasteiger partial charge is 0.336 e. The first-order valence-corrected chi connectivity index (χ1v) is 7.43. The zero-order valence-corrected chi connectivity index (χ0v) is 11.6. The van der Waals surface area contributed by atoms with Crippen molar-refractivity contribution in [1.29, 1.82) is 0 Å². The number of rotatable bonds is 4. The Morgan fingerprint density at radius 2 is 2.44 bits per heavy atom. The van der Waals surface area contributed by atoms with Crippen molar-refractivity contribution in [3.63, 3.8) is 0 Å². The Bertz CT molecular complexity index is 489. The van der Waals surface area contributed by atoms with E-state index < -0.39 is 0 Å². The van der Waals surface area contributed by atoms with Gasteiger partial charge in [-0.25, -0.2) is 4.98 Å². The molecular weight excluding hydrogens is 242 g/mol. The molecule has 3 nitrogen and oxygen atoms in total. The monoisotopic (exact) mass is 261 g/mol. The van der Waals surface area contributed by atoms with Crippen molar-refractivity contribution in [2.24, 2.45) is 0 Å².